The third-order valence-corrected chi connectivity index (χ3v) is 8.99. The summed E-state index contributed by atoms with van der Waals surface area (Å²) in [5.41, 5.74) is 4.99. The lowest BCUT2D eigenvalue weighted by atomic mass is 9.86. The van der Waals surface area contributed by atoms with Crippen molar-refractivity contribution in [1.29, 1.82) is 0 Å². The molecule has 4 aliphatic carbocycles. The number of fused-ring (bicyclic) bond motifs is 2. The number of alkyl halides is 2. The maximum atomic E-state index is 15.5. The number of rotatable bonds is 6. The van der Waals surface area contributed by atoms with Crippen molar-refractivity contribution >= 4 is 17.3 Å². The van der Waals surface area contributed by atoms with Gasteiger partial charge in [0.25, 0.3) is 0 Å². The summed E-state index contributed by atoms with van der Waals surface area (Å²) in [6.07, 6.45) is 11.8. The lowest BCUT2D eigenvalue weighted by Crippen LogP contribution is -2.11. The third-order valence-electron chi connectivity index (χ3n) is 8.99. The highest BCUT2D eigenvalue weighted by Gasteiger charge is 2.60. The van der Waals surface area contributed by atoms with Crippen LogP contribution in [0.15, 0.2) is 82.5 Å². The Bertz CT molecular complexity index is 1540. The molecule has 1 aliphatic heterocycles. The zero-order valence-electron chi connectivity index (χ0n) is 21.4. The number of aromatic nitrogens is 2. The maximum absolute atomic E-state index is 15.5. The number of carboxylic acids is 1. The van der Waals surface area contributed by atoms with Crippen LogP contribution in [0.2, 0.25) is 0 Å². The molecule has 9 heteroatoms. The number of ether oxygens (including phenoxy) is 1. The quantitative estimate of drug-likeness (QED) is 0.434. The van der Waals surface area contributed by atoms with E-state index in [1.165, 1.54) is 6.08 Å². The van der Waals surface area contributed by atoms with Gasteiger partial charge in [-0.25, -0.2) is 14.4 Å². The largest absolute Gasteiger partial charge is 0.481 e. The van der Waals surface area contributed by atoms with Crippen molar-refractivity contribution in [2.45, 2.75) is 50.6 Å². The van der Waals surface area contributed by atoms with Crippen LogP contribution in [0.3, 0.4) is 0 Å². The Labute approximate surface area is 228 Å². The van der Waals surface area contributed by atoms with E-state index in [9.17, 15) is 18.7 Å². The third kappa shape index (κ3) is 4.28. The van der Waals surface area contributed by atoms with Crippen LogP contribution in [0.4, 0.5) is 13.2 Å². The van der Waals surface area contributed by atoms with Crippen molar-refractivity contribution in [3.63, 3.8) is 0 Å². The van der Waals surface area contributed by atoms with E-state index < -0.39 is 18.4 Å². The minimum Gasteiger partial charge on any atom is -0.481 e. The van der Waals surface area contributed by atoms with Gasteiger partial charge in [0.1, 0.15) is 17.4 Å². The van der Waals surface area contributed by atoms with Crippen LogP contribution in [0.5, 0.6) is 5.75 Å². The normalized spacial score (nSPS) is 28.6. The molecule has 5 aliphatic rings. The van der Waals surface area contributed by atoms with Gasteiger partial charge in [-0.3, -0.25) is 9.79 Å². The van der Waals surface area contributed by atoms with Gasteiger partial charge >= 0.3 is 12.6 Å². The van der Waals surface area contributed by atoms with E-state index in [4.69, 9.17) is 9.73 Å². The number of aliphatic imine (C=N–C) groups is 1. The molecule has 1 N–H and O–H groups in total. The highest BCUT2D eigenvalue weighted by molar-refractivity contribution is 6.12. The summed E-state index contributed by atoms with van der Waals surface area (Å²) in [5.74, 6) is -0.0395. The van der Waals surface area contributed by atoms with Crippen molar-refractivity contribution in [2.75, 3.05) is 0 Å². The summed E-state index contributed by atoms with van der Waals surface area (Å²) in [7, 11) is 0. The van der Waals surface area contributed by atoms with E-state index in [0.29, 0.717) is 41.1 Å². The Kier molecular flexibility index (Phi) is 5.98. The fourth-order valence-corrected chi connectivity index (χ4v) is 7.07. The maximum Gasteiger partial charge on any atom is 0.387 e. The van der Waals surface area contributed by atoms with Crippen LogP contribution in [0.1, 0.15) is 60.9 Å². The second-order valence-corrected chi connectivity index (χ2v) is 11.1. The van der Waals surface area contributed by atoms with E-state index in [0.717, 1.165) is 36.1 Å². The van der Waals surface area contributed by atoms with Gasteiger partial charge in [-0.05, 0) is 61.2 Å². The summed E-state index contributed by atoms with van der Waals surface area (Å²) in [6.45, 7) is -2.90. The van der Waals surface area contributed by atoms with Gasteiger partial charge in [0, 0.05) is 52.7 Å². The molecule has 2 heterocycles. The number of carbonyl (C=O) groups is 1. The van der Waals surface area contributed by atoms with Crippen molar-refractivity contribution in [3.8, 4) is 5.75 Å². The van der Waals surface area contributed by atoms with Crippen LogP contribution in [-0.2, 0) is 4.79 Å². The molecule has 2 fully saturated rings. The monoisotopic (exact) mass is 545 g/mol. The average molecular weight is 546 g/mol. The van der Waals surface area contributed by atoms with E-state index in [1.54, 1.807) is 30.6 Å². The second-order valence-electron chi connectivity index (χ2n) is 11.1. The first-order chi connectivity index (χ1) is 19.4. The number of carboxylic acid groups (broad SMARTS) is 1. The van der Waals surface area contributed by atoms with Gasteiger partial charge in [-0.1, -0.05) is 30.4 Å². The van der Waals surface area contributed by atoms with Gasteiger partial charge in [0.05, 0.1) is 11.6 Å². The lowest BCUT2D eigenvalue weighted by molar-refractivity contribution is -0.139. The van der Waals surface area contributed by atoms with Crippen LogP contribution in [-0.4, -0.2) is 33.4 Å². The predicted octanol–water partition coefficient (Wildman–Crippen LogP) is 6.76. The minimum atomic E-state index is -2.90. The molecule has 0 saturated heterocycles. The van der Waals surface area contributed by atoms with Crippen molar-refractivity contribution in [3.05, 3.63) is 94.5 Å². The van der Waals surface area contributed by atoms with Crippen molar-refractivity contribution < 1.29 is 27.8 Å². The van der Waals surface area contributed by atoms with Gasteiger partial charge < -0.3 is 9.84 Å². The summed E-state index contributed by atoms with van der Waals surface area (Å²) in [6, 6.07) is 6.87. The number of halogens is 3. The molecular weight excluding hydrogens is 519 g/mol. The van der Waals surface area contributed by atoms with Gasteiger partial charge in [-0.2, -0.15) is 8.78 Å². The molecule has 1 aromatic heterocycles. The SMILES string of the molecule is O=C(O)C1[C@H]2CC(c3ncc(C4=CC=C5CC6=C(CC[C@@H]6c6ccccc6OC(F)F)N=C5C=C4F)cn3)C[C@@H]12. The Morgan fingerprint density at radius 1 is 1.07 bits per heavy atom. The van der Waals surface area contributed by atoms with E-state index in [2.05, 4.69) is 9.97 Å². The fraction of sp³-hybridized carbons (Fsp3) is 0.355. The first kappa shape index (κ1) is 25.0. The standard InChI is InChI=1S/C31H26F3N3O3/c32-24-12-26-15(9-21-19(7-8-25(21)37-26)20-3-1-2-4-27(20)40-31(33)34)5-6-18(24)17-13-35-29(36-14-17)16-10-22-23(11-16)28(22)30(38)39/h1-6,12-14,16,19,22-23,28,31H,7-11H2,(H,38,39)/t16?,19-,22-,23+,28?/m1/s1. The molecule has 0 spiro atoms. The topological polar surface area (TPSA) is 84.7 Å². The van der Waals surface area contributed by atoms with E-state index in [1.807, 2.05) is 18.2 Å². The highest BCUT2D eigenvalue weighted by Crippen LogP contribution is 2.61. The Hall–Kier alpha value is -4.01. The van der Waals surface area contributed by atoms with E-state index in [-0.39, 0.29) is 35.3 Å². The predicted molar refractivity (Wildman–Crippen MR) is 141 cm³/mol. The molecular formula is C31H26F3N3O3. The molecule has 5 atom stereocenters. The molecule has 40 heavy (non-hydrogen) atoms. The summed E-state index contributed by atoms with van der Waals surface area (Å²) >= 11 is 0. The number of benzene rings is 1. The Morgan fingerprint density at radius 3 is 2.55 bits per heavy atom. The first-order valence-corrected chi connectivity index (χ1v) is 13.6. The number of para-hydroxylation sites is 1. The summed E-state index contributed by atoms with van der Waals surface area (Å²) in [5, 5.41) is 9.25. The zero-order valence-corrected chi connectivity index (χ0v) is 21.4. The first-order valence-electron chi connectivity index (χ1n) is 13.6. The smallest absolute Gasteiger partial charge is 0.387 e. The number of nitrogens with zero attached hydrogens (tertiary/aromatic N) is 3. The van der Waals surface area contributed by atoms with Gasteiger partial charge in [0.15, 0.2) is 0 Å². The fourth-order valence-electron chi connectivity index (χ4n) is 7.07. The molecule has 0 radical (unpaired) electrons. The molecule has 2 saturated carbocycles. The molecule has 1 aromatic carbocycles. The molecule has 6 nitrogen and oxygen atoms in total. The van der Waals surface area contributed by atoms with Crippen LogP contribution < -0.4 is 4.74 Å². The summed E-state index contributed by atoms with van der Waals surface area (Å²) in [4.78, 5) is 25.1. The number of aliphatic carboxylic acids is 1. The Balaban J connectivity index is 1.11. The minimum absolute atomic E-state index is 0.0926. The average Bonchev–Trinajstić information content (AvgIpc) is 3.26. The van der Waals surface area contributed by atoms with Crippen LogP contribution in [0, 0.1) is 17.8 Å². The molecule has 0 amide bonds. The highest BCUT2D eigenvalue weighted by atomic mass is 19.3. The number of hydrogen-bond donors (Lipinski definition) is 1. The summed E-state index contributed by atoms with van der Waals surface area (Å²) < 4.78 is 46.3. The molecule has 2 aromatic rings. The molecule has 2 unspecified atom stereocenters. The number of allylic oxidation sites excluding steroid dienone is 8. The zero-order chi connectivity index (χ0) is 27.5. The Morgan fingerprint density at radius 2 is 1.82 bits per heavy atom. The number of hydrogen-bond acceptors (Lipinski definition) is 5. The van der Waals surface area contributed by atoms with Crippen LogP contribution >= 0.6 is 0 Å². The van der Waals surface area contributed by atoms with E-state index >= 15 is 4.39 Å². The second kappa shape index (κ2) is 9.57. The van der Waals surface area contributed by atoms with Gasteiger partial charge in [0.2, 0.25) is 0 Å². The van der Waals surface area contributed by atoms with Crippen molar-refractivity contribution in [2.24, 2.45) is 22.7 Å². The van der Waals surface area contributed by atoms with Crippen LogP contribution in [0.25, 0.3) is 5.57 Å². The lowest BCUT2D eigenvalue weighted by Gasteiger charge is -2.22. The molecule has 0 bridgehead atoms. The van der Waals surface area contributed by atoms with Gasteiger partial charge in [-0.15, -0.1) is 0 Å². The molecule has 204 valence electrons. The van der Waals surface area contributed by atoms with Crippen molar-refractivity contribution in [1.82, 2.24) is 9.97 Å². The molecule has 7 rings (SSSR count).